The second-order valence-corrected chi connectivity index (χ2v) is 5.74. The maximum atomic E-state index is 13.0. The van der Waals surface area contributed by atoms with E-state index in [-0.39, 0.29) is 12.4 Å². The molecule has 0 aromatic heterocycles. The lowest BCUT2D eigenvalue weighted by Gasteiger charge is -2.31. The standard InChI is InChI=1S/C13H19BrFNO/c1-9(2)7-16-13(3,8-17)11-5-4-10(15)6-12(11)14/h4-6,9,16-17H,7-8H2,1-3H3. The molecule has 0 aliphatic carbocycles. The minimum absolute atomic E-state index is 0.0377. The van der Waals surface area contributed by atoms with Crippen LogP contribution in [0.5, 0.6) is 0 Å². The Balaban J connectivity index is 2.98. The van der Waals surface area contributed by atoms with Crippen LogP contribution in [0, 0.1) is 11.7 Å². The van der Waals surface area contributed by atoms with E-state index in [4.69, 9.17) is 0 Å². The third-order valence-electron chi connectivity index (χ3n) is 2.74. The molecule has 0 radical (unpaired) electrons. The zero-order valence-electron chi connectivity index (χ0n) is 10.4. The first-order chi connectivity index (χ1) is 7.89. The SMILES string of the molecule is CC(C)CNC(C)(CO)c1ccc(F)cc1Br. The van der Waals surface area contributed by atoms with Crippen molar-refractivity contribution in [3.63, 3.8) is 0 Å². The Bertz CT molecular complexity index is 384. The lowest BCUT2D eigenvalue weighted by molar-refractivity contribution is 0.170. The fraction of sp³-hybridized carbons (Fsp3) is 0.538. The molecule has 2 N–H and O–H groups in total. The molecule has 1 aromatic carbocycles. The summed E-state index contributed by atoms with van der Waals surface area (Å²) in [5.41, 5.74) is 0.304. The molecule has 17 heavy (non-hydrogen) atoms. The van der Waals surface area contributed by atoms with Gasteiger partial charge in [0.2, 0.25) is 0 Å². The largest absolute Gasteiger partial charge is 0.394 e. The minimum Gasteiger partial charge on any atom is -0.394 e. The number of aliphatic hydroxyl groups is 1. The average molecular weight is 304 g/mol. The molecule has 0 amide bonds. The van der Waals surface area contributed by atoms with E-state index in [0.717, 1.165) is 12.1 Å². The van der Waals surface area contributed by atoms with Crippen molar-refractivity contribution in [1.29, 1.82) is 0 Å². The predicted molar refractivity (Wildman–Crippen MR) is 71.4 cm³/mol. The Kier molecular flexibility index (Phi) is 5.10. The average Bonchev–Trinajstić information content (AvgIpc) is 2.26. The number of hydrogen-bond donors (Lipinski definition) is 2. The third-order valence-corrected chi connectivity index (χ3v) is 3.40. The van der Waals surface area contributed by atoms with Gasteiger partial charge in [0.1, 0.15) is 5.82 Å². The molecular weight excluding hydrogens is 285 g/mol. The van der Waals surface area contributed by atoms with E-state index in [1.54, 1.807) is 6.07 Å². The lowest BCUT2D eigenvalue weighted by atomic mass is 9.92. The Morgan fingerprint density at radius 3 is 2.59 bits per heavy atom. The molecule has 0 fully saturated rings. The van der Waals surface area contributed by atoms with Gasteiger partial charge in [-0.05, 0) is 37.1 Å². The molecule has 1 aromatic rings. The summed E-state index contributed by atoms with van der Waals surface area (Å²) in [7, 11) is 0. The fourth-order valence-electron chi connectivity index (χ4n) is 1.60. The van der Waals surface area contributed by atoms with Crippen LogP contribution in [0.1, 0.15) is 26.3 Å². The van der Waals surface area contributed by atoms with Crippen molar-refractivity contribution in [2.75, 3.05) is 13.2 Å². The molecule has 0 aliphatic heterocycles. The number of rotatable bonds is 5. The molecule has 0 aliphatic rings. The van der Waals surface area contributed by atoms with Gasteiger partial charge < -0.3 is 10.4 Å². The molecule has 1 atom stereocenters. The van der Waals surface area contributed by atoms with Crippen molar-refractivity contribution in [3.8, 4) is 0 Å². The van der Waals surface area contributed by atoms with Gasteiger partial charge in [-0.25, -0.2) is 4.39 Å². The van der Waals surface area contributed by atoms with Crippen molar-refractivity contribution < 1.29 is 9.50 Å². The van der Waals surface area contributed by atoms with Crippen molar-refractivity contribution in [2.45, 2.75) is 26.3 Å². The van der Waals surface area contributed by atoms with Crippen LogP contribution in [0.15, 0.2) is 22.7 Å². The van der Waals surface area contributed by atoms with Crippen LogP contribution in [-0.2, 0) is 5.54 Å². The van der Waals surface area contributed by atoms with Crippen LogP contribution >= 0.6 is 15.9 Å². The summed E-state index contributed by atoms with van der Waals surface area (Å²) in [4.78, 5) is 0. The smallest absolute Gasteiger partial charge is 0.124 e. The van der Waals surface area contributed by atoms with E-state index in [9.17, 15) is 9.50 Å². The zero-order valence-corrected chi connectivity index (χ0v) is 12.0. The highest BCUT2D eigenvalue weighted by Crippen LogP contribution is 2.28. The van der Waals surface area contributed by atoms with Gasteiger partial charge in [-0.2, -0.15) is 0 Å². The minimum atomic E-state index is -0.559. The molecular formula is C13H19BrFNO. The normalized spacial score (nSPS) is 15.0. The van der Waals surface area contributed by atoms with E-state index < -0.39 is 5.54 Å². The van der Waals surface area contributed by atoms with E-state index >= 15 is 0 Å². The van der Waals surface area contributed by atoms with Gasteiger partial charge in [0.05, 0.1) is 12.1 Å². The van der Waals surface area contributed by atoms with Gasteiger partial charge in [0.15, 0.2) is 0 Å². The first-order valence-electron chi connectivity index (χ1n) is 5.70. The van der Waals surface area contributed by atoms with Gasteiger partial charge in [-0.3, -0.25) is 0 Å². The molecule has 4 heteroatoms. The molecule has 1 unspecified atom stereocenters. The summed E-state index contributed by atoms with van der Waals surface area (Å²) in [6, 6.07) is 4.52. The maximum absolute atomic E-state index is 13.0. The van der Waals surface area contributed by atoms with E-state index in [2.05, 4.69) is 35.1 Å². The Labute approximate surface area is 110 Å². The first kappa shape index (κ1) is 14.6. The number of aliphatic hydroxyl groups excluding tert-OH is 1. The second kappa shape index (κ2) is 5.94. The van der Waals surface area contributed by atoms with E-state index in [0.29, 0.717) is 10.4 Å². The predicted octanol–water partition coefficient (Wildman–Crippen LogP) is 3.04. The van der Waals surface area contributed by atoms with Crippen molar-refractivity contribution in [2.24, 2.45) is 5.92 Å². The highest BCUT2D eigenvalue weighted by atomic mass is 79.9. The van der Waals surface area contributed by atoms with Crippen molar-refractivity contribution >= 4 is 15.9 Å². The van der Waals surface area contributed by atoms with Gasteiger partial charge in [0.25, 0.3) is 0 Å². The molecule has 2 nitrogen and oxygen atoms in total. The second-order valence-electron chi connectivity index (χ2n) is 4.89. The lowest BCUT2D eigenvalue weighted by Crippen LogP contribution is -2.44. The van der Waals surface area contributed by atoms with E-state index in [1.807, 2.05) is 6.92 Å². The van der Waals surface area contributed by atoms with Gasteiger partial charge >= 0.3 is 0 Å². The Hall–Kier alpha value is -0.450. The van der Waals surface area contributed by atoms with Gasteiger partial charge in [-0.15, -0.1) is 0 Å². The summed E-state index contributed by atoms with van der Waals surface area (Å²) in [5, 5.41) is 12.9. The Morgan fingerprint density at radius 1 is 1.47 bits per heavy atom. The van der Waals surface area contributed by atoms with Crippen LogP contribution in [0.3, 0.4) is 0 Å². The summed E-state index contributed by atoms with van der Waals surface area (Å²) >= 11 is 3.34. The van der Waals surface area contributed by atoms with Crippen LogP contribution in [0.25, 0.3) is 0 Å². The fourth-order valence-corrected chi connectivity index (χ4v) is 2.39. The maximum Gasteiger partial charge on any atom is 0.124 e. The number of hydrogen-bond acceptors (Lipinski definition) is 2. The van der Waals surface area contributed by atoms with Crippen LogP contribution < -0.4 is 5.32 Å². The first-order valence-corrected chi connectivity index (χ1v) is 6.50. The number of halogens is 2. The Morgan fingerprint density at radius 2 is 2.12 bits per heavy atom. The van der Waals surface area contributed by atoms with Gasteiger partial charge in [-0.1, -0.05) is 35.8 Å². The summed E-state index contributed by atoms with van der Waals surface area (Å²) < 4.78 is 13.7. The quantitative estimate of drug-likeness (QED) is 0.876. The van der Waals surface area contributed by atoms with E-state index in [1.165, 1.54) is 12.1 Å². The molecule has 0 saturated heterocycles. The summed E-state index contributed by atoms with van der Waals surface area (Å²) in [6.45, 7) is 6.87. The molecule has 0 spiro atoms. The topological polar surface area (TPSA) is 32.3 Å². The highest BCUT2D eigenvalue weighted by Gasteiger charge is 2.27. The van der Waals surface area contributed by atoms with Crippen LogP contribution in [-0.4, -0.2) is 18.3 Å². The van der Waals surface area contributed by atoms with Crippen molar-refractivity contribution in [1.82, 2.24) is 5.32 Å². The molecule has 0 saturated carbocycles. The van der Waals surface area contributed by atoms with Crippen LogP contribution in [0.2, 0.25) is 0 Å². The number of benzene rings is 1. The number of nitrogens with one attached hydrogen (secondary N) is 1. The zero-order chi connectivity index (χ0) is 13.1. The monoisotopic (exact) mass is 303 g/mol. The molecule has 0 heterocycles. The van der Waals surface area contributed by atoms with Gasteiger partial charge in [0, 0.05) is 4.47 Å². The summed E-state index contributed by atoms with van der Waals surface area (Å²) in [6.07, 6.45) is 0. The van der Waals surface area contributed by atoms with Crippen LogP contribution in [0.4, 0.5) is 4.39 Å². The molecule has 1 rings (SSSR count). The molecule has 96 valence electrons. The molecule has 0 bridgehead atoms. The third kappa shape index (κ3) is 3.76. The summed E-state index contributed by atoms with van der Waals surface area (Å²) in [5.74, 6) is 0.199. The van der Waals surface area contributed by atoms with Crippen molar-refractivity contribution in [3.05, 3.63) is 34.1 Å². The highest BCUT2D eigenvalue weighted by molar-refractivity contribution is 9.10.